The van der Waals surface area contributed by atoms with Crippen LogP contribution in [0.2, 0.25) is 0 Å². The molecule has 0 amide bonds. The van der Waals surface area contributed by atoms with Gasteiger partial charge in [0.25, 0.3) is 0 Å². The summed E-state index contributed by atoms with van der Waals surface area (Å²) in [6.07, 6.45) is 1.05. The number of ether oxygens (including phenoxy) is 1. The first-order valence-electron chi connectivity index (χ1n) is 8.90. The van der Waals surface area contributed by atoms with E-state index in [-0.39, 0.29) is 33.0 Å². The predicted octanol–water partition coefficient (Wildman–Crippen LogP) is 5.11. The fourth-order valence-electron chi connectivity index (χ4n) is 3.00. The molecular weight excluding hydrogens is 334 g/mol. The first-order valence-corrected chi connectivity index (χ1v) is 9.90. The molecule has 1 atom stereocenters. The van der Waals surface area contributed by atoms with Gasteiger partial charge in [-0.1, -0.05) is 37.6 Å². The third-order valence-corrected chi connectivity index (χ3v) is 5.62. The number of benzene rings is 2. The van der Waals surface area contributed by atoms with Crippen LogP contribution in [0.25, 0.3) is 0 Å². The second-order valence-electron chi connectivity index (χ2n) is 7.24. The topological polar surface area (TPSA) is 26.3 Å². The minimum Gasteiger partial charge on any atom is -0.494 e. The van der Waals surface area contributed by atoms with Gasteiger partial charge in [-0.3, -0.25) is 4.79 Å². The average molecular weight is 363 g/mol. The summed E-state index contributed by atoms with van der Waals surface area (Å²) >= 11 is 0. The second kappa shape index (κ2) is 10.3. The Morgan fingerprint density at radius 3 is 2.15 bits per heavy atom. The first-order chi connectivity index (χ1) is 11.8. The Morgan fingerprint density at radius 2 is 1.62 bits per heavy atom. The molecular formula is C22H29LiO2P. The normalized spacial score (nSPS) is 11.0. The summed E-state index contributed by atoms with van der Waals surface area (Å²) in [5.74, 6) is 1.53. The Morgan fingerprint density at radius 1 is 1.00 bits per heavy atom. The molecule has 0 saturated carbocycles. The molecule has 4 heteroatoms. The van der Waals surface area contributed by atoms with Crippen LogP contribution in [-0.2, 0) is 0 Å². The number of rotatable bonds is 7. The fourth-order valence-corrected chi connectivity index (χ4v) is 4.20. The monoisotopic (exact) mass is 363 g/mol. The maximum absolute atomic E-state index is 12.8. The van der Waals surface area contributed by atoms with Gasteiger partial charge in [-0.25, -0.2) is 0 Å². The zero-order valence-electron chi connectivity index (χ0n) is 17.2. The van der Waals surface area contributed by atoms with Crippen molar-refractivity contribution in [2.24, 2.45) is 5.92 Å². The number of carbonyl (C=O) groups excluding carboxylic acids is 1. The van der Waals surface area contributed by atoms with Crippen LogP contribution in [0.15, 0.2) is 30.3 Å². The summed E-state index contributed by atoms with van der Waals surface area (Å²) in [6.45, 7) is 13.3. The van der Waals surface area contributed by atoms with Gasteiger partial charge in [0.05, 0.1) is 6.61 Å². The van der Waals surface area contributed by atoms with E-state index in [2.05, 4.69) is 39.8 Å². The minimum absolute atomic E-state index is 0. The van der Waals surface area contributed by atoms with Gasteiger partial charge in [-0.05, 0) is 82.7 Å². The summed E-state index contributed by atoms with van der Waals surface area (Å²) < 4.78 is 5.81. The third kappa shape index (κ3) is 6.28. The summed E-state index contributed by atoms with van der Waals surface area (Å²) in [4.78, 5) is 12.8. The van der Waals surface area contributed by atoms with Crippen molar-refractivity contribution >= 4 is 38.3 Å². The Kier molecular flexibility index (Phi) is 9.12. The minimum atomic E-state index is 0. The molecule has 0 bridgehead atoms. The first kappa shape index (κ1) is 23.0. The molecule has 0 aliphatic rings. The van der Waals surface area contributed by atoms with Gasteiger partial charge < -0.3 is 4.74 Å². The number of carbonyl (C=O) groups is 1. The molecule has 2 rings (SSSR count). The molecule has 0 aliphatic heterocycles. The molecule has 0 aliphatic carbocycles. The SMILES string of the molecule is Cc1cc(C)c(C(=O)Pc2ccc(OCCC(C)C)cc2C)c(C)c1.[Li]. The van der Waals surface area contributed by atoms with Gasteiger partial charge in [0, 0.05) is 24.4 Å². The van der Waals surface area contributed by atoms with E-state index in [4.69, 9.17) is 4.74 Å². The van der Waals surface area contributed by atoms with Gasteiger partial charge in [0.1, 0.15) is 5.75 Å². The van der Waals surface area contributed by atoms with Crippen molar-refractivity contribution in [3.63, 3.8) is 0 Å². The average Bonchev–Trinajstić information content (AvgIpc) is 2.48. The Bertz CT molecular complexity index is 746. The van der Waals surface area contributed by atoms with Crippen LogP contribution in [0.4, 0.5) is 0 Å². The molecule has 0 aromatic heterocycles. The second-order valence-corrected chi connectivity index (χ2v) is 8.48. The van der Waals surface area contributed by atoms with Crippen molar-refractivity contribution in [3.8, 4) is 5.75 Å². The third-order valence-electron chi connectivity index (χ3n) is 4.31. The maximum atomic E-state index is 12.8. The molecule has 26 heavy (non-hydrogen) atoms. The van der Waals surface area contributed by atoms with Crippen LogP contribution in [0.5, 0.6) is 5.75 Å². The molecule has 2 aromatic carbocycles. The van der Waals surface area contributed by atoms with Crippen molar-refractivity contribution in [3.05, 3.63) is 58.1 Å². The number of hydrogen-bond acceptors (Lipinski definition) is 2. The quantitative estimate of drug-likeness (QED) is 0.505. The summed E-state index contributed by atoms with van der Waals surface area (Å²) in [6, 6.07) is 10.2. The standard InChI is InChI=1S/C22H29O2P.Li/c1-14(2)9-10-24-19-7-8-20(16(4)13-19)25-22(23)21-17(5)11-15(3)12-18(21)6;/h7-8,11-14,25H,9-10H2,1-6H3;. The zero-order chi connectivity index (χ0) is 18.6. The van der Waals surface area contributed by atoms with Crippen LogP contribution >= 0.6 is 8.58 Å². The van der Waals surface area contributed by atoms with Crippen molar-refractivity contribution < 1.29 is 9.53 Å². The van der Waals surface area contributed by atoms with Gasteiger partial charge in [-0.15, -0.1) is 0 Å². The van der Waals surface area contributed by atoms with E-state index in [1.807, 2.05) is 32.0 Å². The molecule has 2 nitrogen and oxygen atoms in total. The molecule has 0 N–H and O–H groups in total. The van der Waals surface area contributed by atoms with E-state index in [1.165, 1.54) is 5.56 Å². The molecule has 2 aromatic rings. The molecule has 0 fully saturated rings. The fraction of sp³-hybridized carbons (Fsp3) is 0.409. The predicted molar refractivity (Wildman–Crippen MR) is 115 cm³/mol. The van der Waals surface area contributed by atoms with Crippen LogP contribution in [-0.4, -0.2) is 31.0 Å². The van der Waals surface area contributed by atoms with Crippen molar-refractivity contribution in [2.45, 2.75) is 48.0 Å². The van der Waals surface area contributed by atoms with Crippen LogP contribution in [0.3, 0.4) is 0 Å². The van der Waals surface area contributed by atoms with E-state index in [9.17, 15) is 4.79 Å². The molecule has 0 heterocycles. The van der Waals surface area contributed by atoms with Crippen LogP contribution in [0.1, 0.15) is 52.9 Å². The van der Waals surface area contributed by atoms with Crippen molar-refractivity contribution in [1.29, 1.82) is 0 Å². The summed E-state index contributed by atoms with van der Waals surface area (Å²) in [5, 5.41) is 1.10. The Balaban J connectivity index is 0.00000338. The van der Waals surface area contributed by atoms with Gasteiger partial charge in [-0.2, -0.15) is 0 Å². The molecule has 1 radical (unpaired) electrons. The Labute approximate surface area is 172 Å². The zero-order valence-corrected chi connectivity index (χ0v) is 18.2. The van der Waals surface area contributed by atoms with Crippen LogP contribution < -0.4 is 10.0 Å². The van der Waals surface area contributed by atoms with Gasteiger partial charge >= 0.3 is 0 Å². The van der Waals surface area contributed by atoms with Crippen molar-refractivity contribution in [2.75, 3.05) is 6.61 Å². The summed E-state index contributed by atoms with van der Waals surface area (Å²) in [7, 11) is 0.144. The molecule has 1 unspecified atom stereocenters. The van der Waals surface area contributed by atoms with E-state index >= 15 is 0 Å². The maximum Gasteiger partial charge on any atom is 0.186 e. The van der Waals surface area contributed by atoms with Crippen LogP contribution in [0, 0.1) is 33.6 Å². The largest absolute Gasteiger partial charge is 0.494 e. The summed E-state index contributed by atoms with van der Waals surface area (Å²) in [5.41, 5.74) is 5.56. The van der Waals surface area contributed by atoms with E-state index < -0.39 is 0 Å². The van der Waals surface area contributed by atoms with Crippen molar-refractivity contribution in [1.82, 2.24) is 0 Å². The van der Waals surface area contributed by atoms with E-state index in [0.29, 0.717) is 5.92 Å². The van der Waals surface area contributed by atoms with Gasteiger partial charge in [0.2, 0.25) is 0 Å². The van der Waals surface area contributed by atoms with E-state index in [0.717, 1.165) is 46.3 Å². The van der Waals surface area contributed by atoms with Gasteiger partial charge in [0.15, 0.2) is 5.52 Å². The Hall–Kier alpha value is -1.06. The number of hydrogen-bond donors (Lipinski definition) is 0. The van der Waals surface area contributed by atoms with E-state index in [1.54, 1.807) is 0 Å². The molecule has 0 saturated heterocycles. The molecule has 0 spiro atoms. The number of aryl methyl sites for hydroxylation is 4. The smallest absolute Gasteiger partial charge is 0.186 e. The molecule has 135 valence electrons.